The molecular formula is C18H28N4O3. The molecule has 7 nitrogen and oxygen atoms in total. The van der Waals surface area contributed by atoms with Crippen molar-refractivity contribution in [2.24, 2.45) is 0 Å². The van der Waals surface area contributed by atoms with E-state index in [1.807, 2.05) is 9.80 Å². The van der Waals surface area contributed by atoms with Crippen molar-refractivity contribution in [1.82, 2.24) is 19.6 Å². The minimum Gasteiger partial charge on any atom is -0.459 e. The van der Waals surface area contributed by atoms with E-state index < -0.39 is 0 Å². The van der Waals surface area contributed by atoms with Crippen molar-refractivity contribution in [3.05, 3.63) is 24.2 Å². The zero-order valence-corrected chi connectivity index (χ0v) is 15.0. The maximum atomic E-state index is 12.4. The van der Waals surface area contributed by atoms with Gasteiger partial charge in [-0.05, 0) is 18.7 Å². The minimum absolute atomic E-state index is 0.0467. The first-order chi connectivity index (χ1) is 12.2. The normalized spacial score (nSPS) is 20.0. The molecule has 25 heavy (non-hydrogen) atoms. The van der Waals surface area contributed by atoms with Gasteiger partial charge in [-0.2, -0.15) is 0 Å². The Morgan fingerprint density at radius 2 is 1.60 bits per heavy atom. The molecule has 2 amide bonds. The molecule has 3 heterocycles. The second-order valence-electron chi connectivity index (χ2n) is 6.68. The summed E-state index contributed by atoms with van der Waals surface area (Å²) >= 11 is 0. The van der Waals surface area contributed by atoms with Crippen LogP contribution >= 0.6 is 0 Å². The van der Waals surface area contributed by atoms with E-state index in [1.165, 1.54) is 6.26 Å². The molecule has 2 saturated heterocycles. The number of furan rings is 1. The number of hydrogen-bond donors (Lipinski definition) is 0. The van der Waals surface area contributed by atoms with Gasteiger partial charge in [-0.3, -0.25) is 14.5 Å². The Bertz CT molecular complexity index is 559. The van der Waals surface area contributed by atoms with E-state index in [-0.39, 0.29) is 11.8 Å². The molecular weight excluding hydrogens is 320 g/mol. The van der Waals surface area contributed by atoms with Crippen molar-refractivity contribution in [2.75, 3.05) is 65.4 Å². The number of likely N-dealkylation sites (N-methyl/N-ethyl adjacent to an activating group) is 1. The van der Waals surface area contributed by atoms with Crippen LogP contribution in [0.25, 0.3) is 0 Å². The van der Waals surface area contributed by atoms with Crippen LogP contribution in [0.3, 0.4) is 0 Å². The molecule has 0 radical (unpaired) electrons. The Morgan fingerprint density at radius 3 is 2.20 bits per heavy atom. The highest BCUT2D eigenvalue weighted by molar-refractivity contribution is 5.91. The highest BCUT2D eigenvalue weighted by atomic mass is 16.3. The van der Waals surface area contributed by atoms with Gasteiger partial charge in [-0.1, -0.05) is 6.92 Å². The van der Waals surface area contributed by atoms with Crippen molar-refractivity contribution in [2.45, 2.75) is 13.3 Å². The summed E-state index contributed by atoms with van der Waals surface area (Å²) in [5, 5.41) is 0. The average Bonchev–Trinajstić information content (AvgIpc) is 3.21. The Morgan fingerprint density at radius 1 is 0.960 bits per heavy atom. The fourth-order valence-electron chi connectivity index (χ4n) is 3.46. The molecule has 7 heteroatoms. The van der Waals surface area contributed by atoms with Crippen LogP contribution in [0.5, 0.6) is 0 Å². The topological polar surface area (TPSA) is 60.2 Å². The van der Waals surface area contributed by atoms with Gasteiger partial charge in [-0.25, -0.2) is 0 Å². The molecule has 0 N–H and O–H groups in total. The predicted molar refractivity (Wildman–Crippen MR) is 94.4 cm³/mol. The molecule has 0 unspecified atom stereocenters. The van der Waals surface area contributed by atoms with Gasteiger partial charge in [0, 0.05) is 65.3 Å². The fourth-order valence-corrected chi connectivity index (χ4v) is 3.46. The standard InChI is InChI=1S/C18H28N4O3/c1-2-19-7-11-21(12-8-19)17(23)5-6-20-9-13-22(14-10-20)18(24)16-4-3-15-25-16/h3-4,15H,2,5-14H2,1H3. The molecule has 138 valence electrons. The molecule has 0 aromatic carbocycles. The SMILES string of the molecule is CCN1CCN(C(=O)CCN2CCN(C(=O)c3ccco3)CC2)CC1. The van der Waals surface area contributed by atoms with Gasteiger partial charge in [-0.15, -0.1) is 0 Å². The molecule has 0 saturated carbocycles. The largest absolute Gasteiger partial charge is 0.459 e. The van der Waals surface area contributed by atoms with Crippen LogP contribution in [0.2, 0.25) is 0 Å². The first-order valence-corrected chi connectivity index (χ1v) is 9.22. The van der Waals surface area contributed by atoms with Crippen LogP contribution in [0.15, 0.2) is 22.8 Å². The first kappa shape index (κ1) is 17.9. The third-order valence-electron chi connectivity index (χ3n) is 5.21. The molecule has 2 aliphatic rings. The molecule has 1 aromatic rings. The first-order valence-electron chi connectivity index (χ1n) is 9.22. The van der Waals surface area contributed by atoms with Crippen LogP contribution in [0, 0.1) is 0 Å². The lowest BCUT2D eigenvalue weighted by Gasteiger charge is -2.36. The van der Waals surface area contributed by atoms with Crippen LogP contribution in [0.1, 0.15) is 23.9 Å². The molecule has 0 spiro atoms. The third-order valence-corrected chi connectivity index (χ3v) is 5.21. The van der Waals surface area contributed by atoms with Gasteiger partial charge in [0.2, 0.25) is 5.91 Å². The minimum atomic E-state index is -0.0467. The predicted octanol–water partition coefficient (Wildman–Crippen LogP) is 0.592. The van der Waals surface area contributed by atoms with Crippen molar-refractivity contribution in [3.63, 3.8) is 0 Å². The third kappa shape index (κ3) is 4.61. The zero-order valence-electron chi connectivity index (χ0n) is 15.0. The number of hydrogen-bond acceptors (Lipinski definition) is 5. The van der Waals surface area contributed by atoms with E-state index >= 15 is 0 Å². The van der Waals surface area contributed by atoms with Gasteiger partial charge in [0.25, 0.3) is 5.91 Å². The molecule has 0 atom stereocenters. The van der Waals surface area contributed by atoms with Crippen LogP contribution < -0.4 is 0 Å². The summed E-state index contributed by atoms with van der Waals surface area (Å²) < 4.78 is 5.18. The van der Waals surface area contributed by atoms with Crippen LogP contribution in [-0.4, -0.2) is 96.9 Å². The summed E-state index contributed by atoms with van der Waals surface area (Å²) in [5.74, 6) is 0.606. The van der Waals surface area contributed by atoms with Gasteiger partial charge < -0.3 is 19.1 Å². The summed E-state index contributed by atoms with van der Waals surface area (Å²) in [6, 6.07) is 3.43. The molecule has 0 bridgehead atoms. The lowest BCUT2D eigenvalue weighted by Crippen LogP contribution is -2.51. The van der Waals surface area contributed by atoms with Gasteiger partial charge in [0.15, 0.2) is 5.76 Å². The smallest absolute Gasteiger partial charge is 0.289 e. The van der Waals surface area contributed by atoms with Gasteiger partial charge >= 0.3 is 0 Å². The highest BCUT2D eigenvalue weighted by Gasteiger charge is 2.25. The number of piperazine rings is 2. The number of carbonyl (C=O) groups excluding carboxylic acids is 2. The van der Waals surface area contributed by atoms with E-state index in [1.54, 1.807) is 12.1 Å². The quantitative estimate of drug-likeness (QED) is 0.780. The Balaban J connectivity index is 1.36. The number of rotatable bonds is 5. The Hall–Kier alpha value is -1.86. The van der Waals surface area contributed by atoms with E-state index in [0.717, 1.165) is 52.4 Å². The van der Waals surface area contributed by atoms with Crippen molar-refractivity contribution < 1.29 is 14.0 Å². The fraction of sp³-hybridized carbons (Fsp3) is 0.667. The van der Waals surface area contributed by atoms with Crippen molar-refractivity contribution in [1.29, 1.82) is 0 Å². The molecule has 3 rings (SSSR count). The Labute approximate surface area is 149 Å². The van der Waals surface area contributed by atoms with Gasteiger partial charge in [0.1, 0.15) is 0 Å². The second-order valence-corrected chi connectivity index (χ2v) is 6.68. The van der Waals surface area contributed by atoms with E-state index in [9.17, 15) is 9.59 Å². The summed E-state index contributed by atoms with van der Waals surface area (Å²) in [6.07, 6.45) is 2.09. The average molecular weight is 348 g/mol. The van der Waals surface area contributed by atoms with Crippen LogP contribution in [-0.2, 0) is 4.79 Å². The maximum absolute atomic E-state index is 12.4. The summed E-state index contributed by atoms with van der Waals surface area (Å²) in [6.45, 7) is 10.6. The molecule has 1 aromatic heterocycles. The van der Waals surface area contributed by atoms with Crippen molar-refractivity contribution in [3.8, 4) is 0 Å². The monoisotopic (exact) mass is 348 g/mol. The van der Waals surface area contributed by atoms with E-state index in [0.29, 0.717) is 25.3 Å². The van der Waals surface area contributed by atoms with Gasteiger partial charge in [0.05, 0.1) is 6.26 Å². The Kier molecular flexibility index (Phi) is 6.09. The highest BCUT2D eigenvalue weighted by Crippen LogP contribution is 2.10. The van der Waals surface area contributed by atoms with E-state index in [4.69, 9.17) is 4.42 Å². The lowest BCUT2D eigenvalue weighted by molar-refractivity contribution is -0.133. The molecule has 2 fully saturated rings. The molecule has 0 aliphatic carbocycles. The number of nitrogens with zero attached hydrogens (tertiary/aromatic N) is 4. The van der Waals surface area contributed by atoms with Crippen LogP contribution in [0.4, 0.5) is 0 Å². The number of amides is 2. The summed E-state index contributed by atoms with van der Waals surface area (Å²) in [7, 11) is 0. The zero-order chi connectivity index (χ0) is 17.6. The summed E-state index contributed by atoms with van der Waals surface area (Å²) in [5.41, 5.74) is 0. The van der Waals surface area contributed by atoms with E-state index in [2.05, 4.69) is 16.7 Å². The van der Waals surface area contributed by atoms with Crippen molar-refractivity contribution >= 4 is 11.8 Å². The number of carbonyl (C=O) groups is 2. The lowest BCUT2D eigenvalue weighted by atomic mass is 10.2. The maximum Gasteiger partial charge on any atom is 0.289 e. The second kappa shape index (κ2) is 8.49. The summed E-state index contributed by atoms with van der Waals surface area (Å²) in [4.78, 5) is 33.1. The molecule has 2 aliphatic heterocycles.